The Balaban J connectivity index is -0.00000113. The first-order chi connectivity index (χ1) is 13.0. The summed E-state index contributed by atoms with van der Waals surface area (Å²) in [6.45, 7) is 2.24. The number of rotatable bonds is 18. The van der Waals surface area contributed by atoms with Crippen LogP contribution in [0, 0.1) is 0 Å². The number of unbranched alkanes of at least 4 members (excludes halogenated alkanes) is 12. The van der Waals surface area contributed by atoms with Crippen molar-refractivity contribution in [2.24, 2.45) is 5.73 Å². The molecule has 0 bridgehead atoms. The molecule has 0 aliphatic heterocycles. The summed E-state index contributed by atoms with van der Waals surface area (Å²) >= 11 is 0. The van der Waals surface area contributed by atoms with E-state index >= 15 is 0 Å². The number of carboxylic acids is 1. The average molecular weight is 412 g/mol. The molecule has 28 heavy (non-hydrogen) atoms. The summed E-state index contributed by atoms with van der Waals surface area (Å²) in [6.07, 6.45) is 16.0. The quantitative estimate of drug-likeness (QED) is 0.148. The third-order valence-corrected chi connectivity index (χ3v) is 4.69. The molecule has 7 heteroatoms. The Morgan fingerprint density at radius 1 is 0.786 bits per heavy atom. The van der Waals surface area contributed by atoms with Crippen LogP contribution in [0.4, 0.5) is 0 Å². The van der Waals surface area contributed by atoms with Crippen LogP contribution < -0.4 is 5.73 Å². The van der Waals surface area contributed by atoms with Crippen molar-refractivity contribution in [3.05, 3.63) is 0 Å². The number of hydrogen-bond donors (Lipinski definition) is 2. The van der Waals surface area contributed by atoms with Crippen molar-refractivity contribution in [2.75, 3.05) is 0 Å². The normalized spacial score (nSPS) is 11.5. The molecule has 0 aromatic carbocycles. The number of carbonyl (C=O) groups excluding carboxylic acids is 2. The molecule has 0 aromatic heterocycles. The molecule has 0 amide bonds. The van der Waals surface area contributed by atoms with Gasteiger partial charge in [-0.15, -0.1) is 0 Å². The molecule has 0 saturated carbocycles. The van der Waals surface area contributed by atoms with Gasteiger partial charge in [0, 0.05) is 12.8 Å². The Kier molecular flexibility index (Phi) is 22.2. The van der Waals surface area contributed by atoms with Crippen molar-refractivity contribution >= 4 is 41.0 Å². The van der Waals surface area contributed by atoms with Crippen LogP contribution in [-0.4, -0.2) is 52.1 Å². The smallest absolute Gasteiger partial charge is 1.00 e. The van der Waals surface area contributed by atoms with E-state index in [-0.39, 0.29) is 45.2 Å². The van der Waals surface area contributed by atoms with E-state index in [0.717, 1.165) is 19.3 Å². The molecule has 0 aliphatic carbocycles. The van der Waals surface area contributed by atoms with E-state index in [1.165, 1.54) is 64.2 Å². The Bertz CT molecular complexity index is 428. The Hall–Kier alpha value is -0.664. The topological polar surface area (TPSA) is 107 Å². The number of carboxylic acid groups (broad SMARTS) is 1. The number of aliphatic carboxylic acids is 1. The van der Waals surface area contributed by atoms with E-state index < -0.39 is 23.9 Å². The van der Waals surface area contributed by atoms with Gasteiger partial charge in [-0.1, -0.05) is 84.0 Å². The summed E-state index contributed by atoms with van der Waals surface area (Å²) in [5.41, 5.74) is 5.29. The SMILES string of the molecule is CCCCCCCCCCCCCCCC(=O)OC(=O)CC[C@H](N)C(=O)O.[H-].[H-].[Mg+2]. The first-order valence-corrected chi connectivity index (χ1v) is 10.7. The molecule has 6 nitrogen and oxygen atoms in total. The first-order valence-electron chi connectivity index (χ1n) is 10.7. The maximum absolute atomic E-state index is 11.5. The van der Waals surface area contributed by atoms with Crippen LogP contribution in [0.25, 0.3) is 0 Å². The molecule has 0 spiro atoms. The molecule has 3 N–H and O–H groups in total. The van der Waals surface area contributed by atoms with Gasteiger partial charge >= 0.3 is 41.0 Å². The van der Waals surface area contributed by atoms with Gasteiger partial charge in [0.2, 0.25) is 0 Å². The van der Waals surface area contributed by atoms with Gasteiger partial charge in [0.25, 0.3) is 0 Å². The monoisotopic (exact) mass is 411 g/mol. The van der Waals surface area contributed by atoms with Gasteiger partial charge in [-0.3, -0.25) is 14.4 Å². The van der Waals surface area contributed by atoms with Crippen molar-refractivity contribution in [3.63, 3.8) is 0 Å². The van der Waals surface area contributed by atoms with Gasteiger partial charge in [0.1, 0.15) is 6.04 Å². The minimum Gasteiger partial charge on any atom is -1.00 e. The molecular formula is C21H41MgNO5. The number of ether oxygens (including phenoxy) is 1. The summed E-state index contributed by atoms with van der Waals surface area (Å²) < 4.78 is 4.66. The molecule has 0 radical (unpaired) electrons. The van der Waals surface area contributed by atoms with Crippen molar-refractivity contribution in [2.45, 2.75) is 116 Å². The van der Waals surface area contributed by atoms with Crippen LogP contribution in [0.3, 0.4) is 0 Å². The molecule has 0 rings (SSSR count). The van der Waals surface area contributed by atoms with Crippen LogP contribution in [0.1, 0.15) is 113 Å². The number of carbonyl (C=O) groups is 3. The van der Waals surface area contributed by atoms with Gasteiger partial charge < -0.3 is 18.4 Å². The number of esters is 2. The maximum atomic E-state index is 11.5. The number of hydrogen-bond acceptors (Lipinski definition) is 5. The standard InChI is InChI=1S/C21H39NO5.Mg.2H/c1-2-3-4-5-6-7-8-9-10-11-12-13-14-15-19(23)27-20(24)17-16-18(22)21(25)26;;;/h18H,2-17,22H2,1H3,(H,25,26);;;/q;+2;2*-1/t18-;;;/m0.../s1. The van der Waals surface area contributed by atoms with Crippen molar-refractivity contribution < 1.29 is 27.1 Å². The van der Waals surface area contributed by atoms with Crippen LogP contribution >= 0.6 is 0 Å². The molecule has 0 unspecified atom stereocenters. The van der Waals surface area contributed by atoms with E-state index in [1.54, 1.807) is 0 Å². The van der Waals surface area contributed by atoms with Crippen LogP contribution in [0.15, 0.2) is 0 Å². The van der Waals surface area contributed by atoms with Crippen LogP contribution in [0.2, 0.25) is 0 Å². The molecule has 0 saturated heterocycles. The minimum atomic E-state index is -1.17. The van der Waals surface area contributed by atoms with Crippen LogP contribution in [-0.2, 0) is 19.1 Å². The summed E-state index contributed by atoms with van der Waals surface area (Å²) in [7, 11) is 0. The number of nitrogens with two attached hydrogens (primary N) is 1. The van der Waals surface area contributed by atoms with Crippen molar-refractivity contribution in [3.8, 4) is 0 Å². The molecule has 0 heterocycles. The summed E-state index contributed by atoms with van der Waals surface area (Å²) in [5, 5.41) is 8.62. The maximum Gasteiger partial charge on any atom is 2.00 e. The fraction of sp³-hybridized carbons (Fsp3) is 0.857. The second-order valence-electron chi connectivity index (χ2n) is 7.32. The average Bonchev–Trinajstić information content (AvgIpc) is 2.63. The Labute approximate surface area is 189 Å². The molecule has 162 valence electrons. The van der Waals surface area contributed by atoms with Gasteiger partial charge in [-0.25, -0.2) is 0 Å². The van der Waals surface area contributed by atoms with Gasteiger partial charge in [0.15, 0.2) is 0 Å². The van der Waals surface area contributed by atoms with E-state index in [4.69, 9.17) is 10.8 Å². The second kappa shape index (κ2) is 21.1. The second-order valence-corrected chi connectivity index (χ2v) is 7.32. The fourth-order valence-electron chi connectivity index (χ4n) is 2.91. The Morgan fingerprint density at radius 3 is 1.61 bits per heavy atom. The van der Waals surface area contributed by atoms with E-state index in [2.05, 4.69) is 11.7 Å². The van der Waals surface area contributed by atoms with E-state index in [1.807, 2.05) is 0 Å². The van der Waals surface area contributed by atoms with Crippen LogP contribution in [0.5, 0.6) is 0 Å². The molecule has 0 aliphatic rings. The molecule has 1 atom stereocenters. The summed E-state index contributed by atoms with van der Waals surface area (Å²) in [6, 6.07) is -1.10. The predicted octanol–water partition coefficient (Wildman–Crippen LogP) is 4.57. The van der Waals surface area contributed by atoms with E-state index in [9.17, 15) is 14.4 Å². The predicted molar refractivity (Wildman–Crippen MR) is 114 cm³/mol. The van der Waals surface area contributed by atoms with Gasteiger partial charge in [-0.2, -0.15) is 0 Å². The molecule has 0 aromatic rings. The summed E-state index contributed by atoms with van der Waals surface area (Å²) in [4.78, 5) is 33.5. The van der Waals surface area contributed by atoms with Crippen molar-refractivity contribution in [1.82, 2.24) is 0 Å². The Morgan fingerprint density at radius 2 is 1.18 bits per heavy atom. The zero-order chi connectivity index (χ0) is 20.3. The first kappa shape index (κ1) is 29.5. The fourth-order valence-corrected chi connectivity index (χ4v) is 2.91. The third-order valence-electron chi connectivity index (χ3n) is 4.69. The zero-order valence-electron chi connectivity index (χ0n) is 19.8. The van der Waals surface area contributed by atoms with Gasteiger partial charge in [-0.05, 0) is 12.8 Å². The zero-order valence-corrected chi connectivity index (χ0v) is 19.2. The largest absolute Gasteiger partial charge is 2.00 e. The molecular weight excluding hydrogens is 371 g/mol. The van der Waals surface area contributed by atoms with Crippen molar-refractivity contribution in [1.29, 1.82) is 0 Å². The molecule has 0 fully saturated rings. The third kappa shape index (κ3) is 20.1. The van der Waals surface area contributed by atoms with Gasteiger partial charge in [0.05, 0.1) is 0 Å². The summed E-state index contributed by atoms with van der Waals surface area (Å²) in [5.74, 6) is -2.40. The minimum absolute atomic E-state index is 0. The van der Waals surface area contributed by atoms with E-state index in [0.29, 0.717) is 0 Å².